The number of likely N-dealkylation sites (tertiary alicyclic amines) is 1. The Morgan fingerprint density at radius 2 is 1.81 bits per heavy atom. The van der Waals surface area contributed by atoms with Crippen LogP contribution in [0.3, 0.4) is 0 Å². The molecule has 0 aromatic heterocycles. The molecule has 0 saturated carbocycles. The summed E-state index contributed by atoms with van der Waals surface area (Å²) in [6.07, 6.45) is 0.575. The maximum Gasteiger partial charge on any atom is 0.410 e. The molecule has 21 heavy (non-hydrogen) atoms. The normalized spacial score (nSPS) is 18.2. The smallest absolute Gasteiger partial charge is 0.410 e. The number of hydrogen-bond donors (Lipinski definition) is 0. The van der Waals surface area contributed by atoms with Crippen molar-refractivity contribution in [3.8, 4) is 0 Å². The van der Waals surface area contributed by atoms with Gasteiger partial charge in [0.05, 0.1) is 7.11 Å². The minimum Gasteiger partial charge on any atom is -0.467 e. The van der Waals surface area contributed by atoms with Crippen molar-refractivity contribution < 1.29 is 23.8 Å². The maximum absolute atomic E-state index is 12.0. The highest BCUT2D eigenvalue weighted by molar-refractivity contribution is 5.75. The van der Waals surface area contributed by atoms with Gasteiger partial charge < -0.3 is 19.1 Å². The van der Waals surface area contributed by atoms with Gasteiger partial charge in [-0.25, -0.2) is 9.59 Å². The van der Waals surface area contributed by atoms with E-state index in [0.29, 0.717) is 32.5 Å². The number of carbonyl (C=O) groups is 2. The van der Waals surface area contributed by atoms with E-state index in [0.717, 1.165) is 0 Å². The highest BCUT2D eigenvalue weighted by Crippen LogP contribution is 2.24. The van der Waals surface area contributed by atoms with Crippen LogP contribution in [0.25, 0.3) is 0 Å². The third-order valence-corrected chi connectivity index (χ3v) is 3.40. The summed E-state index contributed by atoms with van der Waals surface area (Å²) in [5, 5.41) is 0. The third kappa shape index (κ3) is 5.53. The monoisotopic (exact) mass is 301 g/mol. The van der Waals surface area contributed by atoms with Crippen LogP contribution in [0.1, 0.15) is 40.5 Å². The molecule has 1 aliphatic heterocycles. The lowest BCUT2D eigenvalue weighted by Crippen LogP contribution is -2.45. The molecule has 1 aliphatic rings. The zero-order valence-corrected chi connectivity index (χ0v) is 13.7. The van der Waals surface area contributed by atoms with E-state index in [1.807, 2.05) is 27.7 Å². The summed E-state index contributed by atoms with van der Waals surface area (Å²) in [6.45, 7) is 9.00. The fourth-order valence-electron chi connectivity index (χ4n) is 2.40. The van der Waals surface area contributed by atoms with Crippen molar-refractivity contribution >= 4 is 12.1 Å². The van der Waals surface area contributed by atoms with E-state index in [-0.39, 0.29) is 18.0 Å². The standard InChI is InChI=1S/C15H27NO5/c1-6-20-12(13(17)19-5)11-7-9-16(10-8-11)14(18)21-15(2,3)4/h11-12H,6-10H2,1-5H3. The van der Waals surface area contributed by atoms with Crippen LogP contribution in [-0.4, -0.2) is 55.5 Å². The Hall–Kier alpha value is -1.30. The molecule has 1 unspecified atom stereocenters. The molecule has 6 heteroatoms. The SMILES string of the molecule is CCOC(C(=O)OC)C1CCN(C(=O)OC(C)(C)C)CC1. The van der Waals surface area contributed by atoms with Crippen molar-refractivity contribution in [2.45, 2.75) is 52.2 Å². The van der Waals surface area contributed by atoms with E-state index in [1.165, 1.54) is 7.11 Å². The first-order valence-electron chi connectivity index (χ1n) is 7.45. The summed E-state index contributed by atoms with van der Waals surface area (Å²) in [7, 11) is 1.37. The Balaban J connectivity index is 2.54. The molecule has 122 valence electrons. The van der Waals surface area contributed by atoms with E-state index < -0.39 is 11.7 Å². The summed E-state index contributed by atoms with van der Waals surface area (Å²) >= 11 is 0. The van der Waals surface area contributed by atoms with Gasteiger partial charge in [-0.15, -0.1) is 0 Å². The average molecular weight is 301 g/mol. The van der Waals surface area contributed by atoms with Gasteiger partial charge in [-0.1, -0.05) is 0 Å². The average Bonchev–Trinajstić information content (AvgIpc) is 2.42. The summed E-state index contributed by atoms with van der Waals surface area (Å²) < 4.78 is 15.6. The molecular weight excluding hydrogens is 274 g/mol. The molecule has 1 heterocycles. The van der Waals surface area contributed by atoms with Gasteiger partial charge in [-0.3, -0.25) is 0 Å². The first-order valence-corrected chi connectivity index (χ1v) is 7.45. The van der Waals surface area contributed by atoms with E-state index in [2.05, 4.69) is 0 Å². The molecule has 0 aliphatic carbocycles. The number of amides is 1. The summed E-state index contributed by atoms with van der Waals surface area (Å²) in [6, 6.07) is 0. The van der Waals surface area contributed by atoms with Crippen molar-refractivity contribution in [1.82, 2.24) is 4.90 Å². The second-order valence-corrected chi connectivity index (χ2v) is 6.20. The zero-order chi connectivity index (χ0) is 16.0. The Morgan fingerprint density at radius 3 is 2.24 bits per heavy atom. The molecule has 1 atom stereocenters. The molecular formula is C15H27NO5. The minimum atomic E-state index is -0.541. The fraction of sp³-hybridized carbons (Fsp3) is 0.867. The van der Waals surface area contributed by atoms with Crippen LogP contribution in [0.4, 0.5) is 4.79 Å². The molecule has 6 nitrogen and oxygen atoms in total. The highest BCUT2D eigenvalue weighted by atomic mass is 16.6. The lowest BCUT2D eigenvalue weighted by Gasteiger charge is -2.35. The van der Waals surface area contributed by atoms with Gasteiger partial charge in [0.2, 0.25) is 0 Å². The summed E-state index contributed by atoms with van der Waals surface area (Å²) in [5.74, 6) is -0.261. The number of nitrogens with zero attached hydrogens (tertiary/aromatic N) is 1. The zero-order valence-electron chi connectivity index (χ0n) is 13.7. The van der Waals surface area contributed by atoms with Crippen molar-refractivity contribution in [2.75, 3.05) is 26.8 Å². The molecule has 1 saturated heterocycles. The molecule has 0 N–H and O–H groups in total. The van der Waals surface area contributed by atoms with Crippen molar-refractivity contribution in [1.29, 1.82) is 0 Å². The predicted octanol–water partition coefficient (Wildman–Crippen LogP) is 2.21. The van der Waals surface area contributed by atoms with Gasteiger partial charge in [0.25, 0.3) is 0 Å². The number of methoxy groups -OCH3 is 1. The van der Waals surface area contributed by atoms with E-state index in [4.69, 9.17) is 14.2 Å². The van der Waals surface area contributed by atoms with Gasteiger partial charge in [-0.05, 0) is 46.5 Å². The minimum absolute atomic E-state index is 0.0797. The Morgan fingerprint density at radius 1 is 1.24 bits per heavy atom. The van der Waals surface area contributed by atoms with Crippen molar-refractivity contribution in [3.05, 3.63) is 0 Å². The third-order valence-electron chi connectivity index (χ3n) is 3.40. The number of piperidine rings is 1. The fourth-order valence-corrected chi connectivity index (χ4v) is 2.40. The molecule has 0 aromatic rings. The summed E-state index contributed by atoms with van der Waals surface area (Å²) in [4.78, 5) is 25.4. The number of ether oxygens (including phenoxy) is 3. The quantitative estimate of drug-likeness (QED) is 0.745. The number of carbonyl (C=O) groups excluding carboxylic acids is 2. The molecule has 1 rings (SSSR count). The van der Waals surface area contributed by atoms with Crippen LogP contribution in [-0.2, 0) is 19.0 Å². The van der Waals surface area contributed by atoms with Crippen LogP contribution in [0, 0.1) is 5.92 Å². The Kier molecular flexibility index (Phi) is 6.45. The second-order valence-electron chi connectivity index (χ2n) is 6.20. The molecule has 0 radical (unpaired) electrons. The number of esters is 1. The van der Waals surface area contributed by atoms with E-state index >= 15 is 0 Å². The van der Waals surface area contributed by atoms with Gasteiger partial charge in [0, 0.05) is 19.7 Å². The second kappa shape index (κ2) is 7.64. The predicted molar refractivity (Wildman–Crippen MR) is 78.0 cm³/mol. The highest BCUT2D eigenvalue weighted by Gasteiger charge is 2.34. The van der Waals surface area contributed by atoms with Gasteiger partial charge in [0.15, 0.2) is 6.10 Å². The topological polar surface area (TPSA) is 65.1 Å². The first kappa shape index (κ1) is 17.8. The van der Waals surface area contributed by atoms with Crippen LogP contribution < -0.4 is 0 Å². The molecule has 1 fully saturated rings. The van der Waals surface area contributed by atoms with Gasteiger partial charge >= 0.3 is 12.1 Å². The Bertz CT molecular complexity index is 356. The van der Waals surface area contributed by atoms with E-state index in [9.17, 15) is 9.59 Å². The molecule has 1 amide bonds. The Labute approximate surface area is 126 Å². The molecule has 0 bridgehead atoms. The maximum atomic E-state index is 12.0. The van der Waals surface area contributed by atoms with Crippen LogP contribution in [0.5, 0.6) is 0 Å². The van der Waals surface area contributed by atoms with Crippen LogP contribution in [0.2, 0.25) is 0 Å². The number of rotatable bonds is 4. The van der Waals surface area contributed by atoms with Crippen molar-refractivity contribution in [3.63, 3.8) is 0 Å². The van der Waals surface area contributed by atoms with Crippen LogP contribution in [0.15, 0.2) is 0 Å². The molecule has 0 spiro atoms. The largest absolute Gasteiger partial charge is 0.467 e. The van der Waals surface area contributed by atoms with Gasteiger partial charge in [-0.2, -0.15) is 0 Å². The van der Waals surface area contributed by atoms with Gasteiger partial charge in [0.1, 0.15) is 5.60 Å². The van der Waals surface area contributed by atoms with Crippen LogP contribution >= 0.6 is 0 Å². The van der Waals surface area contributed by atoms with Crippen molar-refractivity contribution in [2.24, 2.45) is 5.92 Å². The van der Waals surface area contributed by atoms with E-state index in [1.54, 1.807) is 4.90 Å². The lowest BCUT2D eigenvalue weighted by molar-refractivity contribution is -0.159. The summed E-state index contributed by atoms with van der Waals surface area (Å²) in [5.41, 5.74) is -0.492. The molecule has 0 aromatic carbocycles. The lowest BCUT2D eigenvalue weighted by atomic mass is 9.91. The number of hydrogen-bond acceptors (Lipinski definition) is 5. The first-order chi connectivity index (χ1) is 9.78.